The summed E-state index contributed by atoms with van der Waals surface area (Å²) in [7, 11) is 3.07. The van der Waals surface area contributed by atoms with Crippen LogP contribution in [0.15, 0.2) is 24.3 Å². The first-order valence-corrected chi connectivity index (χ1v) is 6.72. The molecule has 7 heteroatoms. The van der Waals surface area contributed by atoms with E-state index in [4.69, 9.17) is 14.6 Å². The van der Waals surface area contributed by atoms with Crippen LogP contribution in [-0.2, 0) is 9.53 Å². The molecule has 1 heterocycles. The highest BCUT2D eigenvalue weighted by Gasteiger charge is 2.20. The third-order valence-corrected chi connectivity index (χ3v) is 3.24. The van der Waals surface area contributed by atoms with E-state index in [-0.39, 0.29) is 25.6 Å². The van der Waals surface area contributed by atoms with Crippen molar-refractivity contribution in [3.63, 3.8) is 0 Å². The average Bonchev–Trinajstić information content (AvgIpc) is 2.93. The molecule has 0 saturated carbocycles. The minimum Gasteiger partial charge on any atom is -0.497 e. The van der Waals surface area contributed by atoms with Crippen LogP contribution in [0, 0.1) is 0 Å². The summed E-state index contributed by atoms with van der Waals surface area (Å²) in [6.07, 6.45) is 0. The first-order valence-electron chi connectivity index (χ1n) is 6.72. The van der Waals surface area contributed by atoms with Gasteiger partial charge in [0.15, 0.2) is 0 Å². The van der Waals surface area contributed by atoms with E-state index in [1.165, 1.54) is 12.0 Å². The van der Waals surface area contributed by atoms with Gasteiger partial charge < -0.3 is 24.5 Å². The van der Waals surface area contributed by atoms with Gasteiger partial charge in [0, 0.05) is 24.6 Å². The summed E-state index contributed by atoms with van der Waals surface area (Å²) in [6.45, 7) is 0.105. The second-order valence-electron chi connectivity index (χ2n) is 4.75. The summed E-state index contributed by atoms with van der Waals surface area (Å²) >= 11 is 0. The minimum atomic E-state index is -1.07. The molecular weight excluding hydrogens is 288 g/mol. The standard InChI is InChI=1S/C15H18N2O5/c1-21-6-5-17(9-14(18)19)15(20)13-8-10-7-11(22-2)3-4-12(10)16-13/h3-4,7-8,16H,5-6,9H2,1-2H3,(H,18,19). The number of benzene rings is 1. The van der Waals surface area contributed by atoms with Gasteiger partial charge in [-0.25, -0.2) is 0 Å². The summed E-state index contributed by atoms with van der Waals surface area (Å²) in [6, 6.07) is 7.08. The zero-order valence-corrected chi connectivity index (χ0v) is 12.5. The fourth-order valence-electron chi connectivity index (χ4n) is 2.14. The van der Waals surface area contributed by atoms with E-state index in [9.17, 15) is 9.59 Å². The van der Waals surface area contributed by atoms with Crippen molar-refractivity contribution in [1.82, 2.24) is 9.88 Å². The van der Waals surface area contributed by atoms with E-state index < -0.39 is 5.97 Å². The van der Waals surface area contributed by atoms with Crippen molar-refractivity contribution in [2.75, 3.05) is 33.9 Å². The first kappa shape index (κ1) is 15.8. The highest BCUT2D eigenvalue weighted by atomic mass is 16.5. The van der Waals surface area contributed by atoms with Crippen molar-refractivity contribution in [2.24, 2.45) is 0 Å². The summed E-state index contributed by atoms with van der Waals surface area (Å²) < 4.78 is 10.1. The van der Waals surface area contributed by atoms with Crippen LogP contribution in [0.25, 0.3) is 10.9 Å². The summed E-state index contributed by atoms with van der Waals surface area (Å²) in [5, 5.41) is 9.75. The quantitative estimate of drug-likeness (QED) is 0.805. The molecule has 0 unspecified atom stereocenters. The Morgan fingerprint density at radius 3 is 2.68 bits per heavy atom. The van der Waals surface area contributed by atoms with E-state index in [0.29, 0.717) is 11.4 Å². The van der Waals surface area contributed by atoms with Crippen LogP contribution in [0.5, 0.6) is 5.75 Å². The Hall–Kier alpha value is -2.54. The Balaban J connectivity index is 2.26. The highest BCUT2D eigenvalue weighted by molar-refractivity contribution is 5.99. The molecule has 7 nitrogen and oxygen atoms in total. The number of hydrogen-bond acceptors (Lipinski definition) is 4. The number of carbonyl (C=O) groups excluding carboxylic acids is 1. The van der Waals surface area contributed by atoms with Crippen LogP contribution >= 0.6 is 0 Å². The molecule has 0 fully saturated rings. The molecule has 2 N–H and O–H groups in total. The number of nitrogens with zero attached hydrogens (tertiary/aromatic N) is 1. The lowest BCUT2D eigenvalue weighted by Gasteiger charge is -2.19. The lowest BCUT2D eigenvalue weighted by Crippen LogP contribution is -2.38. The van der Waals surface area contributed by atoms with Gasteiger partial charge in [-0.3, -0.25) is 9.59 Å². The van der Waals surface area contributed by atoms with Gasteiger partial charge in [0.25, 0.3) is 5.91 Å². The zero-order chi connectivity index (χ0) is 16.1. The van der Waals surface area contributed by atoms with Gasteiger partial charge in [0.1, 0.15) is 18.0 Å². The molecule has 1 aromatic heterocycles. The van der Waals surface area contributed by atoms with Gasteiger partial charge >= 0.3 is 5.97 Å². The Morgan fingerprint density at radius 2 is 2.05 bits per heavy atom. The monoisotopic (exact) mass is 306 g/mol. The number of hydrogen-bond donors (Lipinski definition) is 2. The van der Waals surface area contributed by atoms with Crippen molar-refractivity contribution >= 4 is 22.8 Å². The maximum Gasteiger partial charge on any atom is 0.323 e. The Bertz CT molecular complexity index is 680. The van der Waals surface area contributed by atoms with Gasteiger partial charge in [0.2, 0.25) is 0 Å². The molecule has 0 spiro atoms. The molecule has 0 aliphatic heterocycles. The van der Waals surface area contributed by atoms with Crippen LogP contribution in [-0.4, -0.2) is 60.8 Å². The fourth-order valence-corrected chi connectivity index (χ4v) is 2.14. The minimum absolute atomic E-state index is 0.209. The van der Waals surface area contributed by atoms with Crippen molar-refractivity contribution in [3.05, 3.63) is 30.0 Å². The molecule has 1 amide bonds. The van der Waals surface area contributed by atoms with Crippen molar-refractivity contribution in [2.45, 2.75) is 0 Å². The predicted molar refractivity (Wildman–Crippen MR) is 80.3 cm³/mol. The Labute approximate surface area is 127 Å². The molecule has 0 saturated heterocycles. The van der Waals surface area contributed by atoms with Crippen molar-refractivity contribution in [1.29, 1.82) is 0 Å². The topological polar surface area (TPSA) is 91.9 Å². The number of H-pyrrole nitrogens is 1. The number of rotatable bonds is 7. The molecule has 22 heavy (non-hydrogen) atoms. The molecule has 0 bridgehead atoms. The van der Waals surface area contributed by atoms with E-state index in [2.05, 4.69) is 4.98 Å². The van der Waals surface area contributed by atoms with Crippen LogP contribution < -0.4 is 4.74 Å². The van der Waals surface area contributed by atoms with E-state index in [1.54, 1.807) is 25.3 Å². The number of carboxylic acid groups (broad SMARTS) is 1. The Kier molecular flexibility index (Phi) is 5.00. The van der Waals surface area contributed by atoms with Gasteiger partial charge in [-0.1, -0.05) is 0 Å². The van der Waals surface area contributed by atoms with Crippen molar-refractivity contribution < 1.29 is 24.2 Å². The Morgan fingerprint density at radius 1 is 1.27 bits per heavy atom. The number of carbonyl (C=O) groups is 2. The lowest BCUT2D eigenvalue weighted by atomic mass is 10.2. The van der Waals surface area contributed by atoms with Crippen LogP contribution in [0.1, 0.15) is 10.5 Å². The molecule has 2 aromatic rings. The van der Waals surface area contributed by atoms with E-state index in [0.717, 1.165) is 10.9 Å². The fraction of sp³-hybridized carbons (Fsp3) is 0.333. The first-order chi connectivity index (χ1) is 10.5. The number of aliphatic carboxylic acids is 1. The van der Waals surface area contributed by atoms with E-state index >= 15 is 0 Å². The number of ether oxygens (including phenoxy) is 2. The molecule has 1 aromatic carbocycles. The normalized spacial score (nSPS) is 10.6. The number of aromatic nitrogens is 1. The molecule has 2 rings (SSSR count). The number of nitrogens with one attached hydrogen (secondary N) is 1. The molecule has 118 valence electrons. The number of methoxy groups -OCH3 is 2. The van der Waals surface area contributed by atoms with Crippen LogP contribution in [0.3, 0.4) is 0 Å². The molecule has 0 aliphatic rings. The third kappa shape index (κ3) is 3.56. The molecule has 0 radical (unpaired) electrons. The number of fused-ring (bicyclic) bond motifs is 1. The zero-order valence-electron chi connectivity index (χ0n) is 12.5. The smallest absolute Gasteiger partial charge is 0.323 e. The molecule has 0 aliphatic carbocycles. The van der Waals surface area contributed by atoms with Gasteiger partial charge in [-0.15, -0.1) is 0 Å². The lowest BCUT2D eigenvalue weighted by molar-refractivity contribution is -0.137. The van der Waals surface area contributed by atoms with Crippen molar-refractivity contribution in [3.8, 4) is 5.75 Å². The number of amides is 1. The predicted octanol–water partition coefficient (Wildman–Crippen LogP) is 1.35. The van der Waals surface area contributed by atoms with Crippen LogP contribution in [0.2, 0.25) is 0 Å². The summed E-state index contributed by atoms with van der Waals surface area (Å²) in [5.41, 5.74) is 1.12. The van der Waals surface area contributed by atoms with E-state index in [1.807, 2.05) is 6.07 Å². The second-order valence-corrected chi connectivity index (χ2v) is 4.75. The highest BCUT2D eigenvalue weighted by Crippen LogP contribution is 2.22. The molecular formula is C15H18N2O5. The average molecular weight is 306 g/mol. The van der Waals surface area contributed by atoms with Gasteiger partial charge in [-0.05, 0) is 24.3 Å². The summed E-state index contributed by atoms with van der Waals surface area (Å²) in [4.78, 5) is 27.6. The number of carboxylic acids is 1. The summed E-state index contributed by atoms with van der Waals surface area (Å²) in [5.74, 6) is -0.760. The number of aromatic amines is 1. The maximum absolute atomic E-state index is 12.5. The van der Waals surface area contributed by atoms with Gasteiger partial charge in [0.05, 0.1) is 13.7 Å². The third-order valence-electron chi connectivity index (χ3n) is 3.24. The maximum atomic E-state index is 12.5. The van der Waals surface area contributed by atoms with Gasteiger partial charge in [-0.2, -0.15) is 0 Å². The SMILES string of the molecule is COCCN(CC(=O)O)C(=O)c1cc2cc(OC)ccc2[nH]1. The van der Waals surface area contributed by atoms with Crippen LogP contribution in [0.4, 0.5) is 0 Å². The second kappa shape index (κ2) is 6.95. The largest absolute Gasteiger partial charge is 0.497 e. The molecule has 0 atom stereocenters.